The Hall–Kier alpha value is -2.22. The highest BCUT2D eigenvalue weighted by Gasteiger charge is 2.59. The fourth-order valence-corrected chi connectivity index (χ4v) is 6.16. The second kappa shape index (κ2) is 9.58. The zero-order chi connectivity index (χ0) is 26.5. The van der Waals surface area contributed by atoms with Crippen LogP contribution in [0, 0.1) is 3.57 Å². The SMILES string of the molecule is CC(C)(C)[Si](C)(C)O[C@@H]1[C@@H](C=O)OC(n2cc(I)c3c(NC(=O)c4ccccc4)ncnc32)[C@]1(C)F. The van der Waals surface area contributed by atoms with Gasteiger partial charge >= 0.3 is 0 Å². The molecule has 2 aromatic heterocycles. The van der Waals surface area contributed by atoms with Crippen molar-refractivity contribution in [1.29, 1.82) is 0 Å². The molecule has 3 heterocycles. The maximum Gasteiger partial charge on any atom is 0.256 e. The molecule has 0 spiro atoms. The van der Waals surface area contributed by atoms with Gasteiger partial charge in [0.05, 0.1) is 5.39 Å². The number of anilines is 1. The summed E-state index contributed by atoms with van der Waals surface area (Å²) in [6, 6.07) is 8.78. The van der Waals surface area contributed by atoms with E-state index in [1.54, 1.807) is 35.0 Å². The predicted octanol–water partition coefficient (Wildman–Crippen LogP) is 5.50. The molecule has 1 saturated heterocycles. The van der Waals surface area contributed by atoms with Crippen molar-refractivity contribution in [3.05, 3.63) is 52.0 Å². The van der Waals surface area contributed by atoms with Gasteiger partial charge in [-0.1, -0.05) is 39.0 Å². The van der Waals surface area contributed by atoms with Crippen molar-refractivity contribution in [3.8, 4) is 0 Å². The monoisotopic (exact) mass is 624 g/mol. The molecule has 11 heteroatoms. The number of nitrogens with zero attached hydrogens (tertiary/aromatic N) is 3. The molecule has 1 aliphatic heterocycles. The lowest BCUT2D eigenvalue weighted by Crippen LogP contribution is -2.52. The van der Waals surface area contributed by atoms with E-state index in [4.69, 9.17) is 9.16 Å². The minimum Gasteiger partial charge on any atom is -0.407 e. The van der Waals surface area contributed by atoms with E-state index in [1.807, 2.05) is 19.2 Å². The molecular weight excluding hydrogens is 594 g/mol. The molecule has 4 atom stereocenters. The van der Waals surface area contributed by atoms with E-state index in [-0.39, 0.29) is 10.9 Å². The quantitative estimate of drug-likeness (QED) is 0.221. The van der Waals surface area contributed by atoms with Crippen LogP contribution in [0.25, 0.3) is 11.0 Å². The Bertz CT molecular complexity index is 1290. The zero-order valence-electron chi connectivity index (χ0n) is 21.1. The van der Waals surface area contributed by atoms with Gasteiger partial charge in [-0.2, -0.15) is 0 Å². The third-order valence-electron chi connectivity index (χ3n) is 7.07. The van der Waals surface area contributed by atoms with Crippen molar-refractivity contribution < 1.29 is 23.1 Å². The second-order valence-corrected chi connectivity index (χ2v) is 16.6. The Labute approximate surface area is 224 Å². The van der Waals surface area contributed by atoms with E-state index in [2.05, 4.69) is 58.6 Å². The molecule has 0 saturated carbocycles. The summed E-state index contributed by atoms with van der Waals surface area (Å²) in [5.41, 5.74) is -1.17. The molecule has 0 radical (unpaired) electrons. The lowest BCUT2D eigenvalue weighted by molar-refractivity contribution is -0.122. The van der Waals surface area contributed by atoms with Crippen molar-refractivity contribution >= 4 is 60.0 Å². The molecule has 1 unspecified atom stereocenters. The zero-order valence-corrected chi connectivity index (χ0v) is 24.2. The van der Waals surface area contributed by atoms with Crippen LogP contribution in [0.5, 0.6) is 0 Å². The van der Waals surface area contributed by atoms with Gasteiger partial charge < -0.3 is 23.8 Å². The Kier molecular flexibility index (Phi) is 7.14. The van der Waals surface area contributed by atoms with Crippen LogP contribution in [-0.2, 0) is 14.0 Å². The lowest BCUT2D eigenvalue weighted by atomic mass is 9.99. The number of ether oxygens (including phenoxy) is 1. The molecule has 4 rings (SSSR count). The van der Waals surface area contributed by atoms with E-state index in [9.17, 15) is 9.59 Å². The van der Waals surface area contributed by atoms with Crippen LogP contribution in [0.1, 0.15) is 44.3 Å². The van der Waals surface area contributed by atoms with Gasteiger partial charge in [-0.25, -0.2) is 14.4 Å². The van der Waals surface area contributed by atoms with Gasteiger partial charge in [0.25, 0.3) is 5.91 Å². The van der Waals surface area contributed by atoms with Gasteiger partial charge in [0.2, 0.25) is 0 Å². The minimum atomic E-state index is -2.42. The first kappa shape index (κ1) is 26.8. The number of benzene rings is 1. The Morgan fingerprint density at radius 2 is 1.94 bits per heavy atom. The molecule has 36 heavy (non-hydrogen) atoms. The molecule has 8 nitrogen and oxygen atoms in total. The number of rotatable bonds is 6. The summed E-state index contributed by atoms with van der Waals surface area (Å²) in [5.74, 6) is -0.0213. The Morgan fingerprint density at radius 3 is 2.56 bits per heavy atom. The second-order valence-electron chi connectivity index (χ2n) is 10.7. The van der Waals surface area contributed by atoms with Crippen LogP contribution in [-0.4, -0.2) is 52.9 Å². The molecule has 1 aromatic carbocycles. The summed E-state index contributed by atoms with van der Waals surface area (Å²) in [7, 11) is -2.42. The molecule has 0 aliphatic carbocycles. The summed E-state index contributed by atoms with van der Waals surface area (Å²) in [4.78, 5) is 33.3. The number of amides is 1. The summed E-state index contributed by atoms with van der Waals surface area (Å²) in [6.45, 7) is 11.6. The summed E-state index contributed by atoms with van der Waals surface area (Å²) in [5, 5.41) is 3.20. The largest absolute Gasteiger partial charge is 0.407 e. The van der Waals surface area contributed by atoms with Crippen LogP contribution < -0.4 is 5.32 Å². The summed E-state index contributed by atoms with van der Waals surface area (Å²) < 4.78 is 31.1. The van der Waals surface area contributed by atoms with Gasteiger partial charge in [-0.3, -0.25) is 4.79 Å². The van der Waals surface area contributed by atoms with Crippen LogP contribution in [0.15, 0.2) is 42.9 Å². The first-order valence-electron chi connectivity index (χ1n) is 11.6. The standard InChI is InChI=1S/C25H30FIN4O4Si/c1-24(2,3)36(5,6)35-19-17(13-32)34-23(25(19,4)26)31-12-16(27)18-20(28-14-29-21(18)31)30-22(33)15-10-8-7-9-11-15/h7-14,17,19,23H,1-6H3,(H,28,29,30,33)/t17-,19-,23?,25-/m1/s1. The normalized spacial score (nSPS) is 24.7. The highest BCUT2D eigenvalue weighted by atomic mass is 127. The number of carbonyl (C=O) groups excluding carboxylic acids is 2. The first-order chi connectivity index (χ1) is 16.8. The lowest BCUT2D eigenvalue weighted by Gasteiger charge is -2.41. The topological polar surface area (TPSA) is 95.3 Å². The first-order valence-corrected chi connectivity index (χ1v) is 15.6. The van der Waals surface area contributed by atoms with Gasteiger partial charge in [0.1, 0.15) is 30.0 Å². The fraction of sp³-hybridized carbons (Fsp3) is 0.440. The van der Waals surface area contributed by atoms with E-state index in [0.717, 1.165) is 0 Å². The Morgan fingerprint density at radius 1 is 1.28 bits per heavy atom. The maximum absolute atomic E-state index is 16.5. The van der Waals surface area contributed by atoms with Crippen LogP contribution in [0.4, 0.5) is 10.2 Å². The highest BCUT2D eigenvalue weighted by Crippen LogP contribution is 2.48. The smallest absolute Gasteiger partial charge is 0.256 e. The summed E-state index contributed by atoms with van der Waals surface area (Å²) >= 11 is 2.09. The number of aromatic nitrogens is 3. The average Bonchev–Trinajstić information content (AvgIpc) is 3.27. The Balaban J connectivity index is 1.72. The maximum atomic E-state index is 16.5. The summed E-state index contributed by atoms with van der Waals surface area (Å²) in [6.07, 6.45) is 0.287. The average molecular weight is 625 g/mol. The van der Waals surface area contributed by atoms with Crippen molar-refractivity contribution in [1.82, 2.24) is 14.5 Å². The van der Waals surface area contributed by atoms with Gasteiger partial charge in [0, 0.05) is 15.3 Å². The minimum absolute atomic E-state index is 0.177. The van der Waals surface area contributed by atoms with Gasteiger partial charge in [-0.05, 0) is 59.8 Å². The van der Waals surface area contributed by atoms with Crippen molar-refractivity contribution in [2.45, 2.75) is 69.9 Å². The molecule has 3 aromatic rings. The number of halogens is 2. The van der Waals surface area contributed by atoms with E-state index in [0.29, 0.717) is 32.3 Å². The molecular formula is C25H30FIN4O4Si. The fourth-order valence-electron chi connectivity index (χ4n) is 4.01. The third-order valence-corrected chi connectivity index (χ3v) is 12.3. The number of hydrogen-bond donors (Lipinski definition) is 1. The number of aldehydes is 1. The number of nitrogens with one attached hydrogen (secondary N) is 1. The van der Waals surface area contributed by atoms with Gasteiger partial charge in [-0.15, -0.1) is 0 Å². The van der Waals surface area contributed by atoms with Crippen molar-refractivity contribution in [2.24, 2.45) is 0 Å². The van der Waals surface area contributed by atoms with Crippen LogP contribution in [0.3, 0.4) is 0 Å². The number of carbonyl (C=O) groups is 2. The third kappa shape index (κ3) is 4.73. The number of hydrogen-bond acceptors (Lipinski definition) is 6. The molecule has 192 valence electrons. The molecule has 1 N–H and O–H groups in total. The number of fused-ring (bicyclic) bond motifs is 1. The van der Waals surface area contributed by atoms with Crippen LogP contribution in [0.2, 0.25) is 18.1 Å². The molecule has 0 bridgehead atoms. The van der Waals surface area contributed by atoms with E-state index < -0.39 is 32.4 Å². The molecule has 1 amide bonds. The highest BCUT2D eigenvalue weighted by molar-refractivity contribution is 14.1. The van der Waals surface area contributed by atoms with Crippen LogP contribution >= 0.6 is 22.6 Å². The van der Waals surface area contributed by atoms with Crippen molar-refractivity contribution in [2.75, 3.05) is 5.32 Å². The van der Waals surface area contributed by atoms with E-state index in [1.165, 1.54) is 13.3 Å². The van der Waals surface area contributed by atoms with E-state index >= 15 is 4.39 Å². The number of alkyl halides is 1. The van der Waals surface area contributed by atoms with Crippen molar-refractivity contribution in [3.63, 3.8) is 0 Å². The van der Waals surface area contributed by atoms with Gasteiger partial charge in [0.15, 0.2) is 26.5 Å². The molecule has 1 fully saturated rings. The molecule has 1 aliphatic rings. The predicted molar refractivity (Wildman–Crippen MR) is 146 cm³/mol.